The van der Waals surface area contributed by atoms with Crippen LogP contribution in [-0.4, -0.2) is 66.2 Å². The fourth-order valence-corrected chi connectivity index (χ4v) is 4.37. The third kappa shape index (κ3) is 4.66. The maximum atomic E-state index is 12.6. The highest BCUT2D eigenvalue weighted by molar-refractivity contribution is 6.09. The number of likely N-dealkylation sites (N-methyl/N-ethyl adjacent to an activating group) is 1. The van der Waals surface area contributed by atoms with Crippen LogP contribution in [0.2, 0.25) is 0 Å². The monoisotopic (exact) mass is 430 g/mol. The van der Waals surface area contributed by atoms with Crippen molar-refractivity contribution in [2.75, 3.05) is 39.8 Å². The van der Waals surface area contributed by atoms with Crippen molar-refractivity contribution in [3.63, 3.8) is 0 Å². The second-order valence-corrected chi connectivity index (χ2v) is 8.53. The predicted molar refractivity (Wildman–Crippen MR) is 129 cm³/mol. The Morgan fingerprint density at radius 3 is 2.59 bits per heavy atom. The van der Waals surface area contributed by atoms with Gasteiger partial charge in [0.15, 0.2) is 5.78 Å². The number of nitrogens with zero attached hydrogens (tertiary/aromatic N) is 2. The van der Waals surface area contributed by atoms with E-state index in [0.717, 1.165) is 65.9 Å². The Bertz CT molecular complexity index is 1170. The van der Waals surface area contributed by atoms with Crippen LogP contribution in [0.1, 0.15) is 21.5 Å². The molecule has 2 heterocycles. The minimum Gasteiger partial charge on any atom is -0.366 e. The zero-order valence-corrected chi connectivity index (χ0v) is 18.7. The number of carbonyl (C=O) groups excluding carboxylic acids is 2. The van der Waals surface area contributed by atoms with E-state index in [1.807, 2.05) is 43.5 Å². The van der Waals surface area contributed by atoms with Crippen molar-refractivity contribution in [2.45, 2.75) is 13.3 Å². The van der Waals surface area contributed by atoms with Crippen molar-refractivity contribution in [3.05, 3.63) is 71.4 Å². The number of carbonyl (C=O) groups is 2. The van der Waals surface area contributed by atoms with Crippen LogP contribution in [0.15, 0.2) is 54.7 Å². The van der Waals surface area contributed by atoms with Crippen molar-refractivity contribution >= 4 is 22.6 Å². The second-order valence-electron chi connectivity index (χ2n) is 8.53. The Hall–Kier alpha value is -3.22. The number of hydrogen-bond donors (Lipinski definition) is 2. The maximum Gasteiger partial charge on any atom is 0.250 e. The number of rotatable bonds is 7. The molecule has 166 valence electrons. The zero-order valence-electron chi connectivity index (χ0n) is 18.7. The molecule has 2 aromatic carbocycles. The lowest BCUT2D eigenvalue weighted by Gasteiger charge is -2.31. The molecule has 1 fully saturated rings. The van der Waals surface area contributed by atoms with Gasteiger partial charge in [-0.05, 0) is 54.4 Å². The molecule has 6 nitrogen and oxygen atoms in total. The van der Waals surface area contributed by atoms with E-state index in [1.165, 1.54) is 0 Å². The normalized spacial score (nSPS) is 15.6. The molecule has 0 unspecified atom stereocenters. The van der Waals surface area contributed by atoms with Crippen LogP contribution in [-0.2, 0) is 11.2 Å². The van der Waals surface area contributed by atoms with Crippen molar-refractivity contribution in [1.82, 2.24) is 14.8 Å². The molecule has 1 saturated heterocycles. The lowest BCUT2D eigenvalue weighted by Crippen LogP contribution is -2.44. The van der Waals surface area contributed by atoms with Crippen molar-refractivity contribution in [2.24, 2.45) is 5.73 Å². The largest absolute Gasteiger partial charge is 0.366 e. The maximum absolute atomic E-state index is 12.6. The first-order valence-electron chi connectivity index (χ1n) is 11.0. The van der Waals surface area contributed by atoms with Crippen LogP contribution in [0.25, 0.3) is 22.0 Å². The Labute approximate surface area is 188 Å². The summed E-state index contributed by atoms with van der Waals surface area (Å²) in [4.78, 5) is 32.2. The first-order valence-corrected chi connectivity index (χ1v) is 11.0. The van der Waals surface area contributed by atoms with E-state index in [0.29, 0.717) is 12.0 Å². The molecular weight excluding hydrogens is 400 g/mol. The van der Waals surface area contributed by atoms with Gasteiger partial charge in [0.2, 0.25) is 0 Å². The van der Waals surface area contributed by atoms with Gasteiger partial charge in [0.1, 0.15) is 0 Å². The van der Waals surface area contributed by atoms with E-state index in [4.69, 9.17) is 5.73 Å². The van der Waals surface area contributed by atoms with Crippen LogP contribution in [0, 0.1) is 6.92 Å². The number of aromatic amines is 1. The summed E-state index contributed by atoms with van der Waals surface area (Å²) in [7, 11) is 2.14. The van der Waals surface area contributed by atoms with Gasteiger partial charge < -0.3 is 15.6 Å². The molecule has 3 aromatic rings. The molecule has 32 heavy (non-hydrogen) atoms. The molecule has 1 aromatic heterocycles. The molecule has 0 aliphatic carbocycles. The van der Waals surface area contributed by atoms with Gasteiger partial charge in [0.05, 0.1) is 11.1 Å². The van der Waals surface area contributed by atoms with Crippen molar-refractivity contribution in [3.8, 4) is 11.1 Å². The summed E-state index contributed by atoms with van der Waals surface area (Å²) < 4.78 is 0. The summed E-state index contributed by atoms with van der Waals surface area (Å²) in [5.41, 5.74) is 10.9. The van der Waals surface area contributed by atoms with Gasteiger partial charge in [-0.1, -0.05) is 30.3 Å². The molecule has 0 atom stereocenters. The molecule has 1 aliphatic heterocycles. The molecule has 6 heteroatoms. The average Bonchev–Trinajstić information content (AvgIpc) is 3.26. The van der Waals surface area contributed by atoms with Gasteiger partial charge in [-0.3, -0.25) is 14.5 Å². The first-order chi connectivity index (χ1) is 15.4. The summed E-state index contributed by atoms with van der Waals surface area (Å²) in [6.07, 6.45) is 5.89. The standard InChI is InChI=1S/C26H30N4O2/c1-18-19(17-20(31)6-4-12-30-15-13-29(2)14-16-30)5-3-7-21(18)22-8-9-24(26(27)32)25-23(22)10-11-28-25/h3-11,28H,12-17H2,1-2H3,(H2,27,32)/b6-4+. The summed E-state index contributed by atoms with van der Waals surface area (Å²) in [6.45, 7) is 7.09. The van der Waals surface area contributed by atoms with E-state index < -0.39 is 5.91 Å². The number of nitrogens with one attached hydrogen (secondary N) is 1. The number of H-pyrrole nitrogens is 1. The number of aromatic nitrogens is 1. The number of piperazine rings is 1. The molecule has 0 radical (unpaired) electrons. The van der Waals surface area contributed by atoms with Crippen LogP contribution in [0.3, 0.4) is 0 Å². The van der Waals surface area contributed by atoms with Gasteiger partial charge in [-0.25, -0.2) is 0 Å². The van der Waals surface area contributed by atoms with E-state index in [2.05, 4.69) is 27.9 Å². The topological polar surface area (TPSA) is 82.4 Å². The SMILES string of the molecule is Cc1c(CC(=O)/C=C/CN2CCN(C)CC2)cccc1-c1ccc(C(N)=O)c2[nH]ccc12. The number of hydrogen-bond acceptors (Lipinski definition) is 4. The number of primary amides is 1. The molecule has 0 saturated carbocycles. The first kappa shape index (κ1) is 22.0. The minimum absolute atomic E-state index is 0.107. The van der Waals surface area contributed by atoms with Gasteiger partial charge in [-0.2, -0.15) is 0 Å². The zero-order chi connectivity index (χ0) is 22.7. The van der Waals surface area contributed by atoms with Crippen LogP contribution in [0.5, 0.6) is 0 Å². The second kappa shape index (κ2) is 9.51. The van der Waals surface area contributed by atoms with Crippen LogP contribution >= 0.6 is 0 Å². The van der Waals surface area contributed by atoms with E-state index in [-0.39, 0.29) is 5.78 Å². The number of nitrogens with two attached hydrogens (primary N) is 1. The highest BCUT2D eigenvalue weighted by atomic mass is 16.1. The lowest BCUT2D eigenvalue weighted by molar-refractivity contribution is -0.114. The Balaban J connectivity index is 1.51. The molecule has 0 bridgehead atoms. The minimum atomic E-state index is -0.455. The van der Waals surface area contributed by atoms with Crippen molar-refractivity contribution < 1.29 is 9.59 Å². The number of allylic oxidation sites excluding steroid dienone is 1. The molecule has 0 spiro atoms. The fourth-order valence-electron chi connectivity index (χ4n) is 4.37. The fraction of sp³-hybridized carbons (Fsp3) is 0.308. The molecule has 4 rings (SSSR count). The van der Waals surface area contributed by atoms with Gasteiger partial charge in [-0.15, -0.1) is 0 Å². The summed E-state index contributed by atoms with van der Waals surface area (Å²) >= 11 is 0. The van der Waals surface area contributed by atoms with Gasteiger partial charge in [0.25, 0.3) is 5.91 Å². The number of benzene rings is 2. The molecule has 3 N–H and O–H groups in total. The third-order valence-corrected chi connectivity index (χ3v) is 6.35. The Kier molecular flexibility index (Phi) is 6.53. The van der Waals surface area contributed by atoms with Crippen LogP contribution < -0.4 is 5.73 Å². The quantitative estimate of drug-likeness (QED) is 0.564. The summed E-state index contributed by atoms with van der Waals surface area (Å²) in [5.74, 6) is -0.348. The van der Waals surface area contributed by atoms with Crippen molar-refractivity contribution in [1.29, 1.82) is 0 Å². The molecule has 1 amide bonds. The van der Waals surface area contributed by atoms with Crippen LogP contribution in [0.4, 0.5) is 0 Å². The van der Waals surface area contributed by atoms with E-state index in [9.17, 15) is 9.59 Å². The predicted octanol–water partition coefficient (Wildman–Crippen LogP) is 3.16. The lowest BCUT2D eigenvalue weighted by atomic mass is 9.91. The third-order valence-electron chi connectivity index (χ3n) is 6.35. The smallest absolute Gasteiger partial charge is 0.250 e. The van der Waals surface area contributed by atoms with Gasteiger partial charge in [0, 0.05) is 50.7 Å². The average molecular weight is 431 g/mol. The highest BCUT2D eigenvalue weighted by Gasteiger charge is 2.15. The number of ketones is 1. The Morgan fingerprint density at radius 2 is 1.84 bits per heavy atom. The van der Waals surface area contributed by atoms with E-state index in [1.54, 1.807) is 12.1 Å². The molecular formula is C26H30N4O2. The Morgan fingerprint density at radius 1 is 1.06 bits per heavy atom. The summed E-state index contributed by atoms with van der Waals surface area (Å²) in [6, 6.07) is 11.7. The highest BCUT2D eigenvalue weighted by Crippen LogP contribution is 2.33. The van der Waals surface area contributed by atoms with E-state index >= 15 is 0 Å². The molecule has 1 aliphatic rings. The number of amides is 1. The summed E-state index contributed by atoms with van der Waals surface area (Å²) in [5, 5.41) is 0.944. The van der Waals surface area contributed by atoms with Gasteiger partial charge >= 0.3 is 0 Å². The number of fused-ring (bicyclic) bond motifs is 1.